The molecule has 0 radical (unpaired) electrons. The Hall–Kier alpha value is -2.50. The Bertz CT molecular complexity index is 664. The average molecular weight is 273 g/mol. The number of rotatable bonds is 2. The maximum Gasteiger partial charge on any atom is 0.172 e. The summed E-state index contributed by atoms with van der Waals surface area (Å²) in [7, 11) is 1.77. The van der Waals surface area contributed by atoms with Gasteiger partial charge in [0.2, 0.25) is 0 Å². The Morgan fingerprint density at radius 2 is 2.00 bits per heavy atom. The minimum absolute atomic E-state index is 0.480. The molecule has 104 valence electrons. The first kappa shape index (κ1) is 12.5. The van der Waals surface area contributed by atoms with Crippen molar-refractivity contribution in [1.82, 2.24) is 9.78 Å². The lowest BCUT2D eigenvalue weighted by molar-refractivity contribution is 0.111. The topological polar surface area (TPSA) is 79.4 Å². The van der Waals surface area contributed by atoms with Gasteiger partial charge in [-0.3, -0.25) is 9.48 Å². The first-order valence-corrected chi connectivity index (χ1v) is 6.38. The predicted molar refractivity (Wildman–Crippen MR) is 74.1 cm³/mol. The summed E-state index contributed by atoms with van der Waals surface area (Å²) < 4.78 is 13.0. The lowest BCUT2D eigenvalue weighted by Crippen LogP contribution is -2.00. The highest BCUT2D eigenvalue weighted by atomic mass is 16.5. The summed E-state index contributed by atoms with van der Waals surface area (Å²) >= 11 is 0. The third-order valence-electron chi connectivity index (χ3n) is 3.33. The second-order valence-corrected chi connectivity index (χ2v) is 4.60. The van der Waals surface area contributed by atoms with Gasteiger partial charge in [0.15, 0.2) is 17.8 Å². The van der Waals surface area contributed by atoms with Gasteiger partial charge in [0.25, 0.3) is 0 Å². The molecule has 6 heteroatoms. The number of nitrogens with zero attached hydrogens (tertiary/aromatic N) is 2. The SMILES string of the molecule is Cn1ncc(-c2ccc(C=O)c3c2OCCCO3)c1N. The van der Waals surface area contributed by atoms with E-state index in [1.54, 1.807) is 24.0 Å². The molecule has 2 aromatic rings. The van der Waals surface area contributed by atoms with Crippen LogP contribution < -0.4 is 15.2 Å². The van der Waals surface area contributed by atoms with Crippen LogP contribution in [0.3, 0.4) is 0 Å². The molecule has 6 nitrogen and oxygen atoms in total. The number of benzene rings is 1. The normalized spacial score (nSPS) is 13.8. The third kappa shape index (κ3) is 1.89. The van der Waals surface area contributed by atoms with Crippen molar-refractivity contribution in [3.63, 3.8) is 0 Å². The summed E-state index contributed by atoms with van der Waals surface area (Å²) in [5.74, 6) is 1.59. The number of carbonyl (C=O) groups excluding carboxylic acids is 1. The monoisotopic (exact) mass is 273 g/mol. The van der Waals surface area contributed by atoms with Crippen molar-refractivity contribution in [2.24, 2.45) is 7.05 Å². The molecule has 2 heterocycles. The molecule has 0 fully saturated rings. The van der Waals surface area contributed by atoms with Crippen LogP contribution in [0.15, 0.2) is 18.3 Å². The molecule has 0 unspecified atom stereocenters. The number of nitrogens with two attached hydrogens (primary N) is 1. The van der Waals surface area contributed by atoms with Gasteiger partial charge in [-0.2, -0.15) is 5.10 Å². The fourth-order valence-corrected chi connectivity index (χ4v) is 2.24. The summed E-state index contributed by atoms with van der Waals surface area (Å²) in [5.41, 5.74) is 8.05. The van der Waals surface area contributed by atoms with E-state index in [4.69, 9.17) is 15.2 Å². The number of aromatic nitrogens is 2. The second kappa shape index (κ2) is 4.88. The van der Waals surface area contributed by atoms with E-state index in [1.165, 1.54) is 0 Å². The molecule has 2 N–H and O–H groups in total. The van der Waals surface area contributed by atoms with Gasteiger partial charge in [-0.25, -0.2) is 0 Å². The van der Waals surface area contributed by atoms with Crippen molar-refractivity contribution in [1.29, 1.82) is 0 Å². The van der Waals surface area contributed by atoms with Crippen LogP contribution in [0.4, 0.5) is 5.82 Å². The Morgan fingerprint density at radius 3 is 2.65 bits per heavy atom. The number of carbonyl (C=O) groups is 1. The molecule has 0 saturated carbocycles. The summed E-state index contributed by atoms with van der Waals surface area (Å²) in [6.45, 7) is 1.07. The van der Waals surface area contributed by atoms with Crippen LogP contribution in [0.5, 0.6) is 11.5 Å². The van der Waals surface area contributed by atoms with Crippen molar-refractivity contribution >= 4 is 12.1 Å². The first-order valence-electron chi connectivity index (χ1n) is 6.38. The quantitative estimate of drug-likeness (QED) is 0.841. The zero-order valence-electron chi connectivity index (χ0n) is 11.1. The number of hydrogen-bond acceptors (Lipinski definition) is 5. The molecule has 1 aromatic carbocycles. The number of anilines is 1. The molecule has 0 atom stereocenters. The van der Waals surface area contributed by atoms with Gasteiger partial charge in [0.1, 0.15) is 5.82 Å². The molecule has 20 heavy (non-hydrogen) atoms. The summed E-state index contributed by atoms with van der Waals surface area (Å²) in [4.78, 5) is 11.1. The van der Waals surface area contributed by atoms with Gasteiger partial charge in [-0.1, -0.05) is 0 Å². The summed E-state index contributed by atoms with van der Waals surface area (Å²) in [6.07, 6.45) is 3.22. The highest BCUT2D eigenvalue weighted by Gasteiger charge is 2.22. The molecule has 0 amide bonds. The summed E-state index contributed by atoms with van der Waals surface area (Å²) in [5, 5.41) is 4.13. The van der Waals surface area contributed by atoms with Crippen molar-refractivity contribution in [3.8, 4) is 22.6 Å². The van der Waals surface area contributed by atoms with Gasteiger partial charge in [-0.15, -0.1) is 0 Å². The average Bonchev–Trinajstić information content (AvgIpc) is 2.69. The fraction of sp³-hybridized carbons (Fsp3) is 0.286. The number of nitrogen functional groups attached to an aromatic ring is 1. The fourth-order valence-electron chi connectivity index (χ4n) is 2.24. The van der Waals surface area contributed by atoms with Gasteiger partial charge >= 0.3 is 0 Å². The number of aldehydes is 1. The molecule has 0 saturated heterocycles. The smallest absolute Gasteiger partial charge is 0.172 e. The Morgan fingerprint density at radius 1 is 1.25 bits per heavy atom. The van der Waals surface area contributed by atoms with E-state index in [1.807, 2.05) is 6.07 Å². The van der Waals surface area contributed by atoms with Crippen molar-refractivity contribution in [2.75, 3.05) is 18.9 Å². The van der Waals surface area contributed by atoms with Crippen LogP contribution in [0.2, 0.25) is 0 Å². The van der Waals surface area contributed by atoms with Gasteiger partial charge in [-0.05, 0) is 12.1 Å². The van der Waals surface area contributed by atoms with Crippen molar-refractivity contribution < 1.29 is 14.3 Å². The Balaban J connectivity index is 2.22. The van der Waals surface area contributed by atoms with Crippen molar-refractivity contribution in [2.45, 2.75) is 6.42 Å². The zero-order chi connectivity index (χ0) is 14.1. The first-order chi connectivity index (χ1) is 9.72. The van der Waals surface area contributed by atoms with E-state index in [-0.39, 0.29) is 0 Å². The van der Waals surface area contributed by atoms with E-state index >= 15 is 0 Å². The molecule has 1 aromatic heterocycles. The second-order valence-electron chi connectivity index (χ2n) is 4.60. The Labute approximate surface area is 116 Å². The van der Waals surface area contributed by atoms with Crippen LogP contribution in [0.1, 0.15) is 16.8 Å². The third-order valence-corrected chi connectivity index (χ3v) is 3.33. The van der Waals surface area contributed by atoms with Crippen LogP contribution in [-0.4, -0.2) is 29.3 Å². The zero-order valence-corrected chi connectivity index (χ0v) is 11.1. The van der Waals surface area contributed by atoms with E-state index in [0.29, 0.717) is 36.1 Å². The van der Waals surface area contributed by atoms with Gasteiger partial charge < -0.3 is 15.2 Å². The maximum atomic E-state index is 11.1. The van der Waals surface area contributed by atoms with Crippen LogP contribution >= 0.6 is 0 Å². The molecule has 3 rings (SSSR count). The number of hydrogen-bond donors (Lipinski definition) is 1. The van der Waals surface area contributed by atoms with E-state index in [9.17, 15) is 4.79 Å². The minimum Gasteiger partial charge on any atom is -0.489 e. The van der Waals surface area contributed by atoms with Gasteiger partial charge in [0, 0.05) is 24.6 Å². The maximum absolute atomic E-state index is 11.1. The molecule has 1 aliphatic rings. The Kier molecular flexibility index (Phi) is 3.06. The number of aryl methyl sites for hydroxylation is 1. The minimum atomic E-state index is 0.480. The molecule has 0 bridgehead atoms. The lowest BCUT2D eigenvalue weighted by atomic mass is 10.0. The standard InChI is InChI=1S/C14H15N3O3/c1-17-14(15)11(7-16-17)10-4-3-9(8-18)12-13(10)20-6-2-5-19-12/h3-4,7-8H,2,5-6,15H2,1H3. The largest absolute Gasteiger partial charge is 0.489 e. The number of fused-ring (bicyclic) bond motifs is 1. The molecule has 1 aliphatic heterocycles. The summed E-state index contributed by atoms with van der Waals surface area (Å²) in [6, 6.07) is 3.52. The van der Waals surface area contributed by atoms with E-state index in [0.717, 1.165) is 23.8 Å². The number of ether oxygens (including phenoxy) is 2. The molecule has 0 aliphatic carbocycles. The van der Waals surface area contributed by atoms with Gasteiger partial charge in [0.05, 0.1) is 25.0 Å². The highest BCUT2D eigenvalue weighted by Crippen LogP contribution is 2.43. The van der Waals surface area contributed by atoms with E-state index < -0.39 is 0 Å². The predicted octanol–water partition coefficient (Wildman–Crippen LogP) is 1.64. The molecular weight excluding hydrogens is 258 g/mol. The van der Waals surface area contributed by atoms with Crippen LogP contribution in [0.25, 0.3) is 11.1 Å². The van der Waals surface area contributed by atoms with Crippen LogP contribution in [0, 0.1) is 0 Å². The van der Waals surface area contributed by atoms with Crippen molar-refractivity contribution in [3.05, 3.63) is 23.9 Å². The van der Waals surface area contributed by atoms with Crippen LogP contribution in [-0.2, 0) is 7.05 Å². The molecular formula is C14H15N3O3. The lowest BCUT2D eigenvalue weighted by Gasteiger charge is -2.13. The highest BCUT2D eigenvalue weighted by molar-refractivity contribution is 5.88. The van der Waals surface area contributed by atoms with E-state index in [2.05, 4.69) is 5.10 Å². The molecule has 0 spiro atoms.